The second-order valence-corrected chi connectivity index (χ2v) is 4.64. The average Bonchev–Trinajstić information content (AvgIpc) is 2.95. The summed E-state index contributed by atoms with van der Waals surface area (Å²) >= 11 is 0. The van der Waals surface area contributed by atoms with Crippen molar-refractivity contribution in [3.63, 3.8) is 0 Å². The van der Waals surface area contributed by atoms with Gasteiger partial charge in [0.2, 0.25) is 0 Å². The van der Waals surface area contributed by atoms with Crippen LogP contribution in [0.15, 0.2) is 24.3 Å². The SMILES string of the molecule is Cc1cc2cc(C3(C(=O)O)CC3)ccc2[nH]1. The zero-order chi connectivity index (χ0) is 11.3. The van der Waals surface area contributed by atoms with Crippen LogP contribution in [0.3, 0.4) is 0 Å². The standard InChI is InChI=1S/C13H13NO2/c1-8-6-9-7-10(2-3-11(9)14-8)13(4-5-13)12(15)16/h2-3,6-7,14H,4-5H2,1H3,(H,15,16). The maximum absolute atomic E-state index is 11.2. The minimum Gasteiger partial charge on any atom is -0.481 e. The van der Waals surface area contributed by atoms with Crippen molar-refractivity contribution in [1.82, 2.24) is 4.98 Å². The molecule has 3 heteroatoms. The highest BCUT2D eigenvalue weighted by Gasteiger charge is 2.51. The van der Waals surface area contributed by atoms with Gasteiger partial charge in [-0.3, -0.25) is 4.79 Å². The molecule has 0 aliphatic heterocycles. The molecule has 0 atom stereocenters. The number of fused-ring (bicyclic) bond motifs is 1. The minimum absolute atomic E-state index is 0.598. The fourth-order valence-corrected chi connectivity index (χ4v) is 2.33. The van der Waals surface area contributed by atoms with Crippen LogP contribution in [0.5, 0.6) is 0 Å². The highest BCUT2D eigenvalue weighted by Crippen LogP contribution is 2.48. The average molecular weight is 215 g/mol. The molecule has 0 radical (unpaired) electrons. The Hall–Kier alpha value is -1.77. The molecule has 1 aromatic heterocycles. The largest absolute Gasteiger partial charge is 0.481 e. The van der Waals surface area contributed by atoms with Crippen LogP contribution in [0.4, 0.5) is 0 Å². The lowest BCUT2D eigenvalue weighted by atomic mass is 9.95. The third-order valence-electron chi connectivity index (χ3n) is 3.47. The summed E-state index contributed by atoms with van der Waals surface area (Å²) in [6.45, 7) is 2.00. The molecular weight excluding hydrogens is 202 g/mol. The van der Waals surface area contributed by atoms with Gasteiger partial charge in [0, 0.05) is 11.2 Å². The summed E-state index contributed by atoms with van der Waals surface area (Å²) in [7, 11) is 0. The number of carboxylic acid groups (broad SMARTS) is 1. The van der Waals surface area contributed by atoms with Crippen LogP contribution in [0.1, 0.15) is 24.1 Å². The monoisotopic (exact) mass is 215 g/mol. The Labute approximate surface area is 93.1 Å². The van der Waals surface area contributed by atoms with E-state index in [-0.39, 0.29) is 0 Å². The van der Waals surface area contributed by atoms with E-state index in [0.717, 1.165) is 35.0 Å². The Balaban J connectivity index is 2.15. The maximum Gasteiger partial charge on any atom is 0.314 e. The quantitative estimate of drug-likeness (QED) is 0.809. The van der Waals surface area contributed by atoms with Crippen molar-refractivity contribution in [2.45, 2.75) is 25.2 Å². The van der Waals surface area contributed by atoms with Crippen molar-refractivity contribution in [3.05, 3.63) is 35.5 Å². The van der Waals surface area contributed by atoms with Gasteiger partial charge in [-0.05, 0) is 48.9 Å². The predicted octanol–water partition coefficient (Wildman–Crippen LogP) is 2.59. The maximum atomic E-state index is 11.2. The number of hydrogen-bond acceptors (Lipinski definition) is 1. The topological polar surface area (TPSA) is 53.1 Å². The number of aromatic amines is 1. The highest BCUT2D eigenvalue weighted by molar-refractivity contribution is 5.88. The Kier molecular flexibility index (Phi) is 1.70. The van der Waals surface area contributed by atoms with E-state index < -0.39 is 11.4 Å². The number of rotatable bonds is 2. The van der Waals surface area contributed by atoms with Gasteiger partial charge in [-0.2, -0.15) is 0 Å². The summed E-state index contributed by atoms with van der Waals surface area (Å²) in [5.74, 6) is -0.695. The lowest BCUT2D eigenvalue weighted by Crippen LogP contribution is -2.19. The molecule has 1 fully saturated rings. The Morgan fingerprint density at radius 2 is 2.12 bits per heavy atom. The molecule has 0 saturated heterocycles. The highest BCUT2D eigenvalue weighted by atomic mass is 16.4. The van der Waals surface area contributed by atoms with Crippen LogP contribution in [0.25, 0.3) is 10.9 Å². The Morgan fingerprint density at radius 1 is 1.38 bits per heavy atom. The summed E-state index contributed by atoms with van der Waals surface area (Å²) in [6.07, 6.45) is 1.52. The first kappa shape index (κ1) is 9.46. The molecule has 0 bridgehead atoms. The van der Waals surface area contributed by atoms with Crippen molar-refractivity contribution >= 4 is 16.9 Å². The lowest BCUT2D eigenvalue weighted by Gasteiger charge is -2.09. The molecule has 1 aromatic carbocycles. The van der Waals surface area contributed by atoms with Crippen LogP contribution >= 0.6 is 0 Å². The van der Waals surface area contributed by atoms with Gasteiger partial charge in [-0.25, -0.2) is 0 Å². The predicted molar refractivity (Wildman–Crippen MR) is 61.6 cm³/mol. The molecule has 1 heterocycles. The van der Waals surface area contributed by atoms with Crippen LogP contribution in [0, 0.1) is 6.92 Å². The molecule has 3 rings (SSSR count). The third kappa shape index (κ3) is 1.18. The van der Waals surface area contributed by atoms with E-state index >= 15 is 0 Å². The molecule has 16 heavy (non-hydrogen) atoms. The smallest absolute Gasteiger partial charge is 0.314 e. The number of benzene rings is 1. The van der Waals surface area contributed by atoms with Gasteiger partial charge < -0.3 is 10.1 Å². The molecule has 0 spiro atoms. The first-order valence-corrected chi connectivity index (χ1v) is 5.45. The molecule has 1 aliphatic rings. The second kappa shape index (κ2) is 2.88. The Morgan fingerprint density at radius 3 is 2.75 bits per heavy atom. The van der Waals surface area contributed by atoms with Crippen LogP contribution in [-0.4, -0.2) is 16.1 Å². The number of carbonyl (C=O) groups is 1. The normalized spacial score (nSPS) is 17.6. The summed E-state index contributed by atoms with van der Waals surface area (Å²) in [6, 6.07) is 7.96. The Bertz CT molecular complexity index is 579. The van der Waals surface area contributed by atoms with Crippen LogP contribution in [0.2, 0.25) is 0 Å². The first-order valence-electron chi connectivity index (χ1n) is 5.45. The number of aryl methyl sites for hydroxylation is 1. The number of nitrogens with one attached hydrogen (secondary N) is 1. The molecule has 1 aliphatic carbocycles. The molecule has 0 unspecified atom stereocenters. The van der Waals surface area contributed by atoms with E-state index in [2.05, 4.69) is 11.1 Å². The van der Waals surface area contributed by atoms with Gasteiger partial charge in [-0.1, -0.05) is 6.07 Å². The van der Waals surface area contributed by atoms with E-state index in [1.807, 2.05) is 25.1 Å². The van der Waals surface area contributed by atoms with Crippen molar-refractivity contribution in [2.75, 3.05) is 0 Å². The van der Waals surface area contributed by atoms with Crippen molar-refractivity contribution in [1.29, 1.82) is 0 Å². The lowest BCUT2D eigenvalue weighted by molar-refractivity contribution is -0.140. The summed E-state index contributed by atoms with van der Waals surface area (Å²) in [5, 5.41) is 10.3. The summed E-state index contributed by atoms with van der Waals surface area (Å²) < 4.78 is 0. The zero-order valence-electron chi connectivity index (χ0n) is 9.08. The fourth-order valence-electron chi connectivity index (χ4n) is 2.33. The van der Waals surface area contributed by atoms with E-state index in [0.29, 0.717) is 0 Å². The molecule has 2 N–H and O–H groups in total. The second-order valence-electron chi connectivity index (χ2n) is 4.64. The van der Waals surface area contributed by atoms with Gasteiger partial charge >= 0.3 is 5.97 Å². The number of H-pyrrole nitrogens is 1. The van der Waals surface area contributed by atoms with Crippen molar-refractivity contribution in [3.8, 4) is 0 Å². The molecular formula is C13H13NO2. The first-order chi connectivity index (χ1) is 7.62. The number of aromatic nitrogens is 1. The van der Waals surface area contributed by atoms with E-state index in [9.17, 15) is 9.90 Å². The minimum atomic E-state index is -0.695. The zero-order valence-corrected chi connectivity index (χ0v) is 9.08. The summed E-state index contributed by atoms with van der Waals surface area (Å²) in [4.78, 5) is 14.5. The van der Waals surface area contributed by atoms with Gasteiger partial charge in [0.15, 0.2) is 0 Å². The van der Waals surface area contributed by atoms with Crippen molar-refractivity contribution in [2.24, 2.45) is 0 Å². The van der Waals surface area contributed by atoms with E-state index in [1.165, 1.54) is 0 Å². The van der Waals surface area contributed by atoms with E-state index in [4.69, 9.17) is 0 Å². The molecule has 82 valence electrons. The molecule has 3 nitrogen and oxygen atoms in total. The fraction of sp³-hybridized carbons (Fsp3) is 0.308. The molecule has 0 amide bonds. The van der Waals surface area contributed by atoms with Gasteiger partial charge in [0.25, 0.3) is 0 Å². The third-order valence-corrected chi connectivity index (χ3v) is 3.47. The van der Waals surface area contributed by atoms with Crippen LogP contribution in [-0.2, 0) is 10.2 Å². The number of aliphatic carboxylic acids is 1. The van der Waals surface area contributed by atoms with Crippen LogP contribution < -0.4 is 0 Å². The molecule has 2 aromatic rings. The van der Waals surface area contributed by atoms with Gasteiger partial charge in [-0.15, -0.1) is 0 Å². The van der Waals surface area contributed by atoms with Crippen molar-refractivity contribution < 1.29 is 9.90 Å². The van der Waals surface area contributed by atoms with Gasteiger partial charge in [0.1, 0.15) is 0 Å². The number of carboxylic acids is 1. The van der Waals surface area contributed by atoms with E-state index in [1.54, 1.807) is 0 Å². The summed E-state index contributed by atoms with van der Waals surface area (Å²) in [5.41, 5.74) is 2.51. The number of hydrogen-bond donors (Lipinski definition) is 2. The molecule has 1 saturated carbocycles. The van der Waals surface area contributed by atoms with Gasteiger partial charge in [0.05, 0.1) is 5.41 Å².